The molecule has 2 rings (SSSR count). The predicted octanol–water partition coefficient (Wildman–Crippen LogP) is 5.64. The van der Waals surface area contributed by atoms with Crippen LogP contribution in [0, 0.1) is 8.99 Å². The van der Waals surface area contributed by atoms with Gasteiger partial charge in [0.2, 0.25) is 0 Å². The van der Waals surface area contributed by atoms with Crippen molar-refractivity contribution in [2.45, 2.75) is 45.4 Å². The van der Waals surface area contributed by atoms with Crippen molar-refractivity contribution in [1.82, 2.24) is 4.90 Å². The minimum absolute atomic E-state index is 0.0167. The highest BCUT2D eigenvalue weighted by molar-refractivity contribution is 14.1. The molecule has 0 radical (unpaired) electrons. The first-order valence-electron chi connectivity index (χ1n) is 10.3. The van der Waals surface area contributed by atoms with E-state index < -0.39 is 11.4 Å². The maximum atomic E-state index is 12.4. The van der Waals surface area contributed by atoms with Crippen LogP contribution in [-0.4, -0.2) is 41.9 Å². The number of nitrogens with zero attached hydrogens (tertiary/aromatic N) is 1. The fourth-order valence-electron chi connectivity index (χ4n) is 3.94. The lowest BCUT2D eigenvalue weighted by Crippen LogP contribution is -2.36. The molecule has 30 heavy (non-hydrogen) atoms. The first-order valence-corrected chi connectivity index (χ1v) is 11.4. The van der Waals surface area contributed by atoms with E-state index in [0.29, 0.717) is 13.0 Å². The van der Waals surface area contributed by atoms with Crippen molar-refractivity contribution in [2.75, 3.05) is 20.1 Å². The third-order valence-corrected chi connectivity index (χ3v) is 6.41. The van der Waals surface area contributed by atoms with Gasteiger partial charge in [0.15, 0.2) is 5.78 Å². The van der Waals surface area contributed by atoms with Gasteiger partial charge >= 0.3 is 5.97 Å². The number of carboxylic acids is 1. The van der Waals surface area contributed by atoms with Gasteiger partial charge in [-0.3, -0.25) is 14.5 Å². The molecule has 0 saturated heterocycles. The smallest absolute Gasteiger partial charge is 0.313 e. The van der Waals surface area contributed by atoms with Crippen LogP contribution in [0.15, 0.2) is 54.6 Å². The number of carbonyl (C=O) groups excluding carboxylic acids is 1. The number of ketones is 1. The summed E-state index contributed by atoms with van der Waals surface area (Å²) >= 11 is 2.23. The van der Waals surface area contributed by atoms with Crippen LogP contribution in [0.25, 0.3) is 0 Å². The van der Waals surface area contributed by atoms with Crippen molar-refractivity contribution in [3.05, 3.63) is 69.3 Å². The first-order chi connectivity index (χ1) is 14.0. The van der Waals surface area contributed by atoms with E-state index in [1.165, 1.54) is 0 Å². The van der Waals surface area contributed by atoms with Gasteiger partial charge in [-0.1, -0.05) is 62.7 Å². The fourth-order valence-corrected chi connectivity index (χ4v) is 4.30. The Hall–Kier alpha value is -1.73. The van der Waals surface area contributed by atoms with Gasteiger partial charge in [0, 0.05) is 15.7 Å². The lowest BCUT2D eigenvalue weighted by atomic mass is 9.76. The topological polar surface area (TPSA) is 57.6 Å². The van der Waals surface area contributed by atoms with Crippen molar-refractivity contribution in [3.63, 3.8) is 0 Å². The molecular weight excluding hydrogens is 489 g/mol. The van der Waals surface area contributed by atoms with Gasteiger partial charge in [-0.2, -0.15) is 0 Å². The summed E-state index contributed by atoms with van der Waals surface area (Å²) < 4.78 is 1.10. The molecule has 0 aliphatic carbocycles. The molecule has 0 aromatic heterocycles. The van der Waals surface area contributed by atoms with Gasteiger partial charge in [-0.05, 0) is 72.5 Å². The molecule has 5 heteroatoms. The number of benzene rings is 2. The van der Waals surface area contributed by atoms with Crippen molar-refractivity contribution in [3.8, 4) is 0 Å². The zero-order valence-electron chi connectivity index (χ0n) is 18.3. The maximum Gasteiger partial charge on any atom is 0.313 e. The van der Waals surface area contributed by atoms with Crippen molar-refractivity contribution < 1.29 is 14.7 Å². The Balaban J connectivity index is 1.92. The molecule has 1 N–H and O–H groups in total. The van der Waals surface area contributed by atoms with Crippen LogP contribution in [-0.2, 0) is 10.2 Å². The van der Waals surface area contributed by atoms with E-state index in [2.05, 4.69) is 41.3 Å². The number of Topliss-reactive ketones (excluding diaryl/α,β-unsaturated/α-hetero) is 1. The van der Waals surface area contributed by atoms with E-state index in [-0.39, 0.29) is 11.2 Å². The minimum Gasteiger partial charge on any atom is -0.481 e. The second-order valence-electron chi connectivity index (χ2n) is 9.12. The third-order valence-electron chi connectivity index (χ3n) is 5.69. The number of halogens is 1. The molecule has 0 aliphatic heterocycles. The van der Waals surface area contributed by atoms with Gasteiger partial charge in [0.25, 0.3) is 0 Å². The monoisotopic (exact) mass is 521 g/mol. The quantitative estimate of drug-likeness (QED) is 0.307. The number of hydrogen-bond acceptors (Lipinski definition) is 3. The average molecular weight is 521 g/mol. The standard InChI is InChI=1S/C25H32INO3/c1-24(2,18-27(4)17-22(28)19-9-6-5-7-10-19)15-8-16-25(3,23(29)30)20-11-13-21(26)14-12-20/h5-7,9-14H,8,15-18H2,1-4H3,(H,29,30). The van der Waals surface area contributed by atoms with Crippen LogP contribution < -0.4 is 0 Å². The Morgan fingerprint density at radius 3 is 2.13 bits per heavy atom. The average Bonchev–Trinajstić information content (AvgIpc) is 2.68. The van der Waals surface area contributed by atoms with Crippen LogP contribution in [0.2, 0.25) is 0 Å². The highest BCUT2D eigenvalue weighted by Crippen LogP contribution is 2.33. The zero-order chi connectivity index (χ0) is 22.4. The SMILES string of the molecule is CN(CC(=O)c1ccccc1)CC(C)(C)CCCC(C)(C(=O)O)c1ccc(I)cc1. The molecule has 0 heterocycles. The summed E-state index contributed by atoms with van der Waals surface area (Å²) in [6.07, 6.45) is 2.28. The van der Waals surface area contributed by atoms with E-state index in [0.717, 1.165) is 34.1 Å². The highest BCUT2D eigenvalue weighted by Gasteiger charge is 2.35. The van der Waals surface area contributed by atoms with Crippen molar-refractivity contribution in [2.24, 2.45) is 5.41 Å². The number of carbonyl (C=O) groups is 2. The van der Waals surface area contributed by atoms with Crippen molar-refractivity contribution >= 4 is 34.3 Å². The zero-order valence-corrected chi connectivity index (χ0v) is 20.5. The summed E-state index contributed by atoms with van der Waals surface area (Å²) in [6.45, 7) is 7.33. The number of likely N-dealkylation sites (N-methyl/N-ethyl adjacent to an activating group) is 1. The summed E-state index contributed by atoms with van der Waals surface area (Å²) in [7, 11) is 1.97. The van der Waals surface area contributed by atoms with Crippen molar-refractivity contribution in [1.29, 1.82) is 0 Å². The Kier molecular flexibility index (Phi) is 8.62. The lowest BCUT2D eigenvalue weighted by Gasteiger charge is -2.32. The minimum atomic E-state index is -0.893. The molecular formula is C25H32INO3. The van der Waals surface area contributed by atoms with E-state index in [9.17, 15) is 14.7 Å². The predicted molar refractivity (Wildman–Crippen MR) is 130 cm³/mol. The summed E-state index contributed by atoms with van der Waals surface area (Å²) in [5, 5.41) is 9.89. The second kappa shape index (κ2) is 10.5. The largest absolute Gasteiger partial charge is 0.481 e. The Bertz CT molecular complexity index is 848. The van der Waals surface area contributed by atoms with E-state index >= 15 is 0 Å². The summed E-state index contributed by atoms with van der Waals surface area (Å²) in [5.41, 5.74) is 0.669. The van der Waals surface area contributed by atoms with Crippen LogP contribution in [0.4, 0.5) is 0 Å². The molecule has 1 atom stereocenters. The fraction of sp³-hybridized carbons (Fsp3) is 0.440. The van der Waals surface area contributed by atoms with Gasteiger partial charge < -0.3 is 5.11 Å². The van der Waals surface area contributed by atoms with Crippen LogP contribution in [0.3, 0.4) is 0 Å². The van der Waals surface area contributed by atoms with Crippen LogP contribution in [0.1, 0.15) is 56.0 Å². The summed E-state index contributed by atoms with van der Waals surface area (Å²) in [4.78, 5) is 26.5. The van der Waals surface area contributed by atoms with Crippen LogP contribution >= 0.6 is 22.6 Å². The number of rotatable bonds is 11. The van der Waals surface area contributed by atoms with E-state index in [1.54, 1.807) is 0 Å². The third kappa shape index (κ3) is 6.91. The molecule has 2 aromatic rings. The molecule has 1 unspecified atom stereocenters. The number of hydrogen-bond donors (Lipinski definition) is 1. The van der Waals surface area contributed by atoms with Gasteiger partial charge in [0.05, 0.1) is 12.0 Å². The number of aliphatic carboxylic acids is 1. The molecule has 0 amide bonds. The molecule has 2 aromatic carbocycles. The molecule has 0 bridgehead atoms. The second-order valence-corrected chi connectivity index (χ2v) is 10.4. The molecule has 162 valence electrons. The van der Waals surface area contributed by atoms with Gasteiger partial charge in [-0.15, -0.1) is 0 Å². The Labute approximate surface area is 193 Å². The maximum absolute atomic E-state index is 12.4. The van der Waals surface area contributed by atoms with E-state index in [4.69, 9.17) is 0 Å². The van der Waals surface area contributed by atoms with E-state index in [1.807, 2.05) is 68.6 Å². The first kappa shape index (κ1) is 24.5. The molecule has 0 saturated carbocycles. The molecule has 4 nitrogen and oxygen atoms in total. The molecule has 0 aliphatic rings. The normalized spacial score (nSPS) is 13.8. The molecule has 0 fully saturated rings. The number of carboxylic acid groups (broad SMARTS) is 1. The lowest BCUT2D eigenvalue weighted by molar-refractivity contribution is -0.143. The Morgan fingerprint density at radius 2 is 1.57 bits per heavy atom. The molecule has 0 spiro atoms. The van der Waals surface area contributed by atoms with Gasteiger partial charge in [0.1, 0.15) is 0 Å². The Morgan fingerprint density at radius 1 is 0.967 bits per heavy atom. The highest BCUT2D eigenvalue weighted by atomic mass is 127. The van der Waals surface area contributed by atoms with Crippen LogP contribution in [0.5, 0.6) is 0 Å². The summed E-state index contributed by atoms with van der Waals surface area (Å²) in [6, 6.07) is 17.1. The van der Waals surface area contributed by atoms with Gasteiger partial charge in [-0.25, -0.2) is 0 Å². The summed E-state index contributed by atoms with van der Waals surface area (Å²) in [5.74, 6) is -0.668.